The fourth-order valence-electron chi connectivity index (χ4n) is 1.82. The van der Waals surface area contributed by atoms with Crippen LogP contribution in [0.3, 0.4) is 0 Å². The zero-order valence-electron chi connectivity index (χ0n) is 12.5. The van der Waals surface area contributed by atoms with Crippen LogP contribution in [-0.4, -0.2) is 67.4 Å². The van der Waals surface area contributed by atoms with Gasteiger partial charge in [0.1, 0.15) is 11.5 Å². The van der Waals surface area contributed by atoms with Crippen LogP contribution in [-0.2, 0) is 0 Å². The topological polar surface area (TPSA) is 57.5 Å². The van der Waals surface area contributed by atoms with E-state index in [0.29, 0.717) is 21.2 Å². The van der Waals surface area contributed by atoms with E-state index < -0.39 is 0 Å². The van der Waals surface area contributed by atoms with Gasteiger partial charge in [0.05, 0.1) is 0 Å². The molecule has 3 aromatic carbocycles. The van der Waals surface area contributed by atoms with E-state index in [2.05, 4.69) is 0 Å². The summed E-state index contributed by atoms with van der Waals surface area (Å²) in [4.78, 5) is 12.0. The predicted molar refractivity (Wildman–Crippen MR) is 103 cm³/mol. The molecule has 0 saturated heterocycles. The molecular weight excluding hydrogens is 386 g/mol. The Balaban J connectivity index is 0.000000295. The number of carbonyl (C=O) groups excluding carboxylic acids is 1. The van der Waals surface area contributed by atoms with Crippen LogP contribution in [0.4, 0.5) is 0 Å². The number of phenolic OH excluding ortho intramolecular Hbond substituents is 2. The molecule has 0 unspecified atom stereocenters. The van der Waals surface area contributed by atoms with Crippen molar-refractivity contribution < 1.29 is 15.0 Å². The Morgan fingerprint density at radius 1 is 0.600 bits per heavy atom. The molecule has 0 aliphatic rings. The third kappa shape index (κ3) is 7.50. The average Bonchev–Trinajstić information content (AvgIpc) is 2.59. The summed E-state index contributed by atoms with van der Waals surface area (Å²) in [5.41, 5.74) is 1.23. The van der Waals surface area contributed by atoms with Gasteiger partial charge < -0.3 is 10.2 Å². The van der Waals surface area contributed by atoms with Crippen molar-refractivity contribution in [2.75, 3.05) is 0 Å². The zero-order valence-corrected chi connectivity index (χ0v) is 14.0. The van der Waals surface area contributed by atoms with Gasteiger partial charge in [0.15, 0.2) is 5.78 Å². The molecule has 124 valence electrons. The van der Waals surface area contributed by atoms with Gasteiger partial charge in [-0.05, 0) is 72.8 Å². The predicted octanol–water partition coefficient (Wildman–Crippen LogP) is 4.67. The van der Waals surface area contributed by atoms with Crippen LogP contribution in [0, 0.1) is 0 Å². The maximum atomic E-state index is 12.0. The molecule has 25 heavy (non-hydrogen) atoms. The molecular formula is C19H15Cl2KO3. The van der Waals surface area contributed by atoms with E-state index in [1.807, 2.05) is 0 Å². The van der Waals surface area contributed by atoms with Gasteiger partial charge in [0.2, 0.25) is 0 Å². The average molecular weight is 401 g/mol. The van der Waals surface area contributed by atoms with Crippen LogP contribution in [0.1, 0.15) is 15.9 Å². The molecule has 0 saturated carbocycles. The van der Waals surface area contributed by atoms with E-state index in [1.54, 1.807) is 48.5 Å². The number of ketones is 1. The van der Waals surface area contributed by atoms with E-state index in [9.17, 15) is 4.79 Å². The van der Waals surface area contributed by atoms with E-state index in [4.69, 9.17) is 33.4 Å². The zero-order chi connectivity index (χ0) is 17.5. The van der Waals surface area contributed by atoms with Gasteiger partial charge in [-0.15, -0.1) is 0 Å². The van der Waals surface area contributed by atoms with E-state index in [1.165, 1.54) is 24.3 Å². The molecule has 0 aromatic heterocycles. The number of aromatic hydroxyl groups is 2. The Bertz CT molecular complexity index is 733. The molecule has 3 nitrogen and oxygen atoms in total. The number of rotatable bonds is 2. The molecule has 0 heterocycles. The molecule has 0 aliphatic heterocycles. The first kappa shape index (κ1) is 22.2. The van der Waals surface area contributed by atoms with E-state index in [0.717, 1.165) is 0 Å². The Morgan fingerprint density at radius 2 is 0.880 bits per heavy atom. The summed E-state index contributed by atoms with van der Waals surface area (Å²) < 4.78 is 0. The molecule has 0 radical (unpaired) electrons. The maximum absolute atomic E-state index is 12.0. The fourth-order valence-corrected chi connectivity index (χ4v) is 2.07. The molecule has 0 spiro atoms. The molecule has 0 fully saturated rings. The Labute approximate surface area is 198 Å². The van der Waals surface area contributed by atoms with Crippen LogP contribution >= 0.6 is 23.2 Å². The van der Waals surface area contributed by atoms with Crippen LogP contribution in [0.5, 0.6) is 11.5 Å². The van der Waals surface area contributed by atoms with Crippen molar-refractivity contribution in [3.63, 3.8) is 0 Å². The third-order valence-electron chi connectivity index (χ3n) is 3.06. The van der Waals surface area contributed by atoms with Crippen molar-refractivity contribution in [1.29, 1.82) is 0 Å². The number of hydrogen-bond acceptors (Lipinski definition) is 3. The Kier molecular flexibility index (Phi) is 9.75. The van der Waals surface area contributed by atoms with Gasteiger partial charge >= 0.3 is 51.4 Å². The molecule has 0 aliphatic carbocycles. The number of hydrogen-bond donors (Lipinski definition) is 2. The van der Waals surface area contributed by atoms with Crippen molar-refractivity contribution in [2.45, 2.75) is 0 Å². The van der Waals surface area contributed by atoms with Gasteiger partial charge in [0.25, 0.3) is 0 Å². The molecule has 0 amide bonds. The van der Waals surface area contributed by atoms with E-state index in [-0.39, 0.29) is 68.7 Å². The van der Waals surface area contributed by atoms with Gasteiger partial charge in [-0.25, -0.2) is 0 Å². The standard InChI is InChI=1S/C13H8Cl2O.C6H6O2.K.H/c14-11-5-1-9(2-6-11)13(16)10-3-7-12(15)8-4-10;7-5-1-2-6(8)4-3-5;;/h1-8H;1-4,7-8H;;. The summed E-state index contributed by atoms with van der Waals surface area (Å²) in [6, 6.07) is 19.3. The normalized spacial score (nSPS) is 9.36. The summed E-state index contributed by atoms with van der Waals surface area (Å²) in [6.45, 7) is 0. The summed E-state index contributed by atoms with van der Waals surface area (Å²) >= 11 is 11.5. The first-order valence-electron chi connectivity index (χ1n) is 6.99. The first-order chi connectivity index (χ1) is 11.5. The van der Waals surface area contributed by atoms with Crippen LogP contribution in [0.2, 0.25) is 10.0 Å². The number of phenols is 2. The minimum atomic E-state index is -0.0340. The van der Waals surface area contributed by atoms with Gasteiger partial charge in [0, 0.05) is 21.2 Å². The van der Waals surface area contributed by atoms with Crippen molar-refractivity contribution in [3.05, 3.63) is 94.0 Å². The Hall–Kier alpha value is -0.854. The molecule has 3 rings (SSSR count). The fraction of sp³-hybridized carbons (Fsp3) is 0. The number of halogens is 2. The van der Waals surface area contributed by atoms with Crippen molar-refractivity contribution in [3.8, 4) is 11.5 Å². The SMILES string of the molecule is O=C(c1ccc(Cl)cc1)c1ccc(Cl)cc1.Oc1ccc(O)cc1.[KH]. The second-order valence-corrected chi connectivity index (χ2v) is 5.73. The first-order valence-corrected chi connectivity index (χ1v) is 7.75. The van der Waals surface area contributed by atoms with Crippen molar-refractivity contribution in [2.24, 2.45) is 0 Å². The van der Waals surface area contributed by atoms with Gasteiger partial charge in [-0.1, -0.05) is 23.2 Å². The Morgan fingerprint density at radius 3 is 1.16 bits per heavy atom. The number of carbonyl (C=O) groups is 1. The third-order valence-corrected chi connectivity index (χ3v) is 3.57. The second kappa shape index (κ2) is 11.0. The minimum absolute atomic E-state index is 0. The quantitative estimate of drug-likeness (QED) is 0.373. The molecule has 3 aromatic rings. The second-order valence-electron chi connectivity index (χ2n) is 4.86. The summed E-state index contributed by atoms with van der Waals surface area (Å²) in [5.74, 6) is 0.305. The number of benzene rings is 3. The van der Waals surface area contributed by atoms with Crippen LogP contribution < -0.4 is 0 Å². The summed E-state index contributed by atoms with van der Waals surface area (Å²) in [6.07, 6.45) is 0. The van der Waals surface area contributed by atoms with Gasteiger partial charge in [-0.3, -0.25) is 4.79 Å². The molecule has 2 N–H and O–H groups in total. The summed E-state index contributed by atoms with van der Waals surface area (Å²) in [7, 11) is 0. The summed E-state index contributed by atoms with van der Waals surface area (Å²) in [5, 5.41) is 18.5. The van der Waals surface area contributed by atoms with Crippen LogP contribution in [0.25, 0.3) is 0 Å². The molecule has 6 heteroatoms. The van der Waals surface area contributed by atoms with Crippen molar-refractivity contribution >= 4 is 80.4 Å². The van der Waals surface area contributed by atoms with Gasteiger partial charge in [-0.2, -0.15) is 0 Å². The van der Waals surface area contributed by atoms with Crippen LogP contribution in [0.15, 0.2) is 72.8 Å². The molecule has 0 bridgehead atoms. The van der Waals surface area contributed by atoms with Crippen molar-refractivity contribution in [1.82, 2.24) is 0 Å². The van der Waals surface area contributed by atoms with E-state index >= 15 is 0 Å². The molecule has 0 atom stereocenters. The monoisotopic (exact) mass is 400 g/mol.